The average Bonchev–Trinajstić information content (AvgIpc) is 2.83. The lowest BCUT2D eigenvalue weighted by molar-refractivity contribution is -0.131. The molecule has 1 saturated heterocycles. The van der Waals surface area contributed by atoms with Crippen molar-refractivity contribution in [1.82, 2.24) is 10.2 Å². The van der Waals surface area contributed by atoms with Crippen LogP contribution >= 0.6 is 0 Å². The van der Waals surface area contributed by atoms with Crippen LogP contribution in [0.4, 0.5) is 4.79 Å². The molecule has 1 aliphatic heterocycles. The Hall–Kier alpha value is -3.58. The third-order valence-corrected chi connectivity index (χ3v) is 7.02. The lowest BCUT2D eigenvalue weighted by Gasteiger charge is -2.43. The third-order valence-electron chi connectivity index (χ3n) is 6.53. The van der Waals surface area contributed by atoms with Crippen molar-refractivity contribution in [3.8, 4) is 22.9 Å². The Labute approximate surface area is 231 Å². The predicted octanol–water partition coefficient (Wildman–Crippen LogP) is 4.67. The minimum Gasteiger partial charge on any atom is -0.444 e. The topological polar surface area (TPSA) is 126 Å². The molecule has 0 aliphatic carbocycles. The molecular formula is C29H37N3O6S. The number of amides is 2. The maximum absolute atomic E-state index is 13.4. The van der Waals surface area contributed by atoms with Gasteiger partial charge in [0.25, 0.3) is 0 Å². The zero-order valence-electron chi connectivity index (χ0n) is 23.3. The Kier molecular flexibility index (Phi) is 9.28. The van der Waals surface area contributed by atoms with E-state index in [1.807, 2.05) is 38.1 Å². The Balaban J connectivity index is 1.69. The van der Waals surface area contributed by atoms with Crippen LogP contribution in [0, 0.1) is 17.2 Å². The second-order valence-corrected chi connectivity index (χ2v) is 12.7. The number of carbonyl (C=O) groups excluding carboxylic acids is 2. The van der Waals surface area contributed by atoms with Crippen LogP contribution in [0.2, 0.25) is 0 Å². The number of hydrogen-bond donors (Lipinski definition) is 1. The number of nitriles is 1. The van der Waals surface area contributed by atoms with Crippen molar-refractivity contribution in [3.05, 3.63) is 54.1 Å². The minimum atomic E-state index is -3.59. The van der Waals surface area contributed by atoms with Crippen LogP contribution in [-0.4, -0.2) is 55.3 Å². The first-order valence-electron chi connectivity index (χ1n) is 13.0. The summed E-state index contributed by atoms with van der Waals surface area (Å²) in [4.78, 5) is 27.9. The molecule has 10 heteroatoms. The summed E-state index contributed by atoms with van der Waals surface area (Å²) >= 11 is 0. The highest BCUT2D eigenvalue weighted by molar-refractivity contribution is 7.86. The van der Waals surface area contributed by atoms with E-state index in [9.17, 15) is 23.3 Å². The van der Waals surface area contributed by atoms with Gasteiger partial charge in [-0.1, -0.05) is 43.3 Å². The quantitative estimate of drug-likeness (QED) is 0.492. The zero-order chi connectivity index (χ0) is 29.0. The SMILES string of the molecule is C[C@@H]1CC[C@H](C)N(C(=O)OC(C)(C)C)[C@@H]1C(=O)N[C@H](C#N)Cc1ccc(-c2ccc(OS(C)(=O)=O)cc2)cc1. The van der Waals surface area contributed by atoms with Gasteiger partial charge in [-0.2, -0.15) is 13.7 Å². The van der Waals surface area contributed by atoms with Crippen molar-refractivity contribution in [3.63, 3.8) is 0 Å². The summed E-state index contributed by atoms with van der Waals surface area (Å²) in [7, 11) is -3.59. The molecule has 1 fully saturated rings. The highest BCUT2D eigenvalue weighted by Crippen LogP contribution is 2.30. The highest BCUT2D eigenvalue weighted by atomic mass is 32.2. The van der Waals surface area contributed by atoms with Crippen molar-refractivity contribution < 1.29 is 26.9 Å². The van der Waals surface area contributed by atoms with Crippen LogP contribution in [0.5, 0.6) is 5.75 Å². The van der Waals surface area contributed by atoms with E-state index in [2.05, 4.69) is 11.4 Å². The van der Waals surface area contributed by atoms with Gasteiger partial charge in [0.15, 0.2) is 0 Å². The monoisotopic (exact) mass is 555 g/mol. The van der Waals surface area contributed by atoms with E-state index in [1.165, 1.54) is 4.90 Å². The standard InChI is InChI=1S/C29H37N3O6S/c1-19-7-8-20(2)32(28(34)37-29(3,4)5)26(19)27(33)31-24(18-30)17-21-9-11-22(12-10-21)23-13-15-25(16-14-23)38-39(6,35)36/h9-16,19-20,24,26H,7-8,17H2,1-6H3,(H,31,33)/t19-,20+,24+,26+/m1/s1. The van der Waals surface area contributed by atoms with E-state index in [-0.39, 0.29) is 23.6 Å². The fourth-order valence-electron chi connectivity index (χ4n) is 4.68. The fourth-order valence-corrected chi connectivity index (χ4v) is 5.14. The van der Waals surface area contributed by atoms with Crippen LogP contribution in [0.25, 0.3) is 11.1 Å². The summed E-state index contributed by atoms with van der Waals surface area (Å²) in [5.41, 5.74) is 1.94. The Morgan fingerprint density at radius 3 is 2.13 bits per heavy atom. The smallest absolute Gasteiger partial charge is 0.411 e. The molecular weight excluding hydrogens is 518 g/mol. The molecule has 0 unspecified atom stereocenters. The highest BCUT2D eigenvalue weighted by Gasteiger charge is 2.42. The zero-order valence-corrected chi connectivity index (χ0v) is 24.1. The van der Waals surface area contributed by atoms with E-state index >= 15 is 0 Å². The molecule has 0 saturated carbocycles. The maximum Gasteiger partial charge on any atom is 0.411 e. The van der Waals surface area contributed by atoms with Gasteiger partial charge >= 0.3 is 16.2 Å². The maximum atomic E-state index is 13.4. The second kappa shape index (κ2) is 12.1. The van der Waals surface area contributed by atoms with E-state index < -0.39 is 33.9 Å². The van der Waals surface area contributed by atoms with Gasteiger partial charge in [0, 0.05) is 12.5 Å². The van der Waals surface area contributed by atoms with E-state index in [1.54, 1.807) is 45.0 Å². The normalized spacial score (nSPS) is 20.4. The summed E-state index contributed by atoms with van der Waals surface area (Å²) in [6.07, 6.45) is 2.32. The van der Waals surface area contributed by atoms with Gasteiger partial charge in [-0.25, -0.2) is 4.79 Å². The number of piperidine rings is 1. The van der Waals surface area contributed by atoms with Gasteiger partial charge in [0.1, 0.15) is 23.4 Å². The summed E-state index contributed by atoms with van der Waals surface area (Å²) < 4.78 is 33.1. The van der Waals surface area contributed by atoms with Gasteiger partial charge in [-0.3, -0.25) is 9.69 Å². The fraction of sp³-hybridized carbons (Fsp3) is 0.483. The summed E-state index contributed by atoms with van der Waals surface area (Å²) in [6, 6.07) is 14.7. The number of ether oxygens (including phenoxy) is 1. The van der Waals surface area contributed by atoms with Crippen LogP contribution in [0.1, 0.15) is 53.0 Å². The largest absolute Gasteiger partial charge is 0.444 e. The Morgan fingerprint density at radius 1 is 1.05 bits per heavy atom. The molecule has 4 atom stereocenters. The van der Waals surface area contributed by atoms with Crippen LogP contribution in [-0.2, 0) is 26.1 Å². The number of rotatable bonds is 7. The van der Waals surface area contributed by atoms with Crippen molar-refractivity contribution in [2.24, 2.45) is 5.92 Å². The van der Waals surface area contributed by atoms with E-state index in [4.69, 9.17) is 8.92 Å². The molecule has 39 heavy (non-hydrogen) atoms. The van der Waals surface area contributed by atoms with Crippen molar-refractivity contribution in [1.29, 1.82) is 5.26 Å². The molecule has 2 aromatic carbocycles. The molecule has 2 amide bonds. The lowest BCUT2D eigenvalue weighted by Crippen LogP contribution is -2.60. The van der Waals surface area contributed by atoms with Gasteiger partial charge in [0.05, 0.1) is 12.3 Å². The van der Waals surface area contributed by atoms with Gasteiger partial charge < -0.3 is 14.2 Å². The molecule has 9 nitrogen and oxygen atoms in total. The van der Waals surface area contributed by atoms with Gasteiger partial charge in [-0.15, -0.1) is 0 Å². The van der Waals surface area contributed by atoms with Gasteiger partial charge in [-0.05, 0) is 75.3 Å². The molecule has 3 rings (SSSR count). The molecule has 2 aromatic rings. The van der Waals surface area contributed by atoms with Crippen LogP contribution in [0.3, 0.4) is 0 Å². The third kappa shape index (κ3) is 8.45. The number of likely N-dealkylation sites (tertiary alicyclic amines) is 1. The Bertz CT molecular complexity index is 1310. The van der Waals surface area contributed by atoms with E-state index in [0.29, 0.717) is 6.42 Å². The molecule has 0 bridgehead atoms. The first-order valence-corrected chi connectivity index (χ1v) is 14.8. The van der Waals surface area contributed by atoms with E-state index in [0.717, 1.165) is 35.8 Å². The molecule has 1 N–H and O–H groups in total. The number of nitrogens with zero attached hydrogens (tertiary/aromatic N) is 2. The van der Waals surface area contributed by atoms with Crippen LogP contribution in [0.15, 0.2) is 48.5 Å². The second-order valence-electron chi connectivity index (χ2n) is 11.1. The van der Waals surface area contributed by atoms with Crippen molar-refractivity contribution in [2.45, 2.75) is 77.6 Å². The molecule has 1 aliphatic rings. The Morgan fingerprint density at radius 2 is 1.62 bits per heavy atom. The predicted molar refractivity (Wildman–Crippen MR) is 148 cm³/mol. The average molecular weight is 556 g/mol. The van der Waals surface area contributed by atoms with Crippen LogP contribution < -0.4 is 9.50 Å². The molecule has 210 valence electrons. The summed E-state index contributed by atoms with van der Waals surface area (Å²) in [5.74, 6) is -0.210. The molecule has 0 aromatic heterocycles. The van der Waals surface area contributed by atoms with Gasteiger partial charge in [0.2, 0.25) is 5.91 Å². The lowest BCUT2D eigenvalue weighted by atomic mass is 9.86. The summed E-state index contributed by atoms with van der Waals surface area (Å²) in [5, 5.41) is 12.6. The number of nitrogens with one attached hydrogen (secondary N) is 1. The van der Waals surface area contributed by atoms with Crippen molar-refractivity contribution in [2.75, 3.05) is 6.26 Å². The number of benzene rings is 2. The van der Waals surface area contributed by atoms with Crippen molar-refractivity contribution >= 4 is 22.1 Å². The molecule has 0 radical (unpaired) electrons. The number of carbonyl (C=O) groups is 2. The number of hydrogen-bond acceptors (Lipinski definition) is 7. The minimum absolute atomic E-state index is 0.0819. The first-order chi connectivity index (χ1) is 18.2. The molecule has 1 heterocycles. The molecule has 0 spiro atoms. The summed E-state index contributed by atoms with van der Waals surface area (Å²) in [6.45, 7) is 9.21. The first kappa shape index (κ1) is 30.0.